The number of fused-ring (bicyclic) bond motifs is 4. The lowest BCUT2D eigenvalue weighted by Crippen LogP contribution is -1.92. The number of nitrogens with zero attached hydrogens (tertiary/aromatic N) is 2. The molecule has 2 aromatic heterocycles. The zero-order valence-corrected chi connectivity index (χ0v) is 11.5. The van der Waals surface area contributed by atoms with Crippen molar-refractivity contribution in [2.45, 2.75) is 0 Å². The Balaban J connectivity index is 1.82. The highest BCUT2D eigenvalue weighted by atomic mass is 16.7. The quantitative estimate of drug-likeness (QED) is 0.582. The summed E-state index contributed by atoms with van der Waals surface area (Å²) in [6.45, 7) is 0.278. The third-order valence-electron chi connectivity index (χ3n) is 4.00. The molecular weight excluding hydrogens is 278 g/mol. The van der Waals surface area contributed by atoms with Crippen LogP contribution < -0.4 is 9.47 Å². The molecule has 0 aliphatic carbocycles. The minimum atomic E-state index is 0.278. The first-order valence-corrected chi connectivity index (χ1v) is 7.01. The van der Waals surface area contributed by atoms with Gasteiger partial charge in [0.15, 0.2) is 11.5 Å². The average molecular weight is 289 g/mol. The minimum absolute atomic E-state index is 0.278. The number of benzene rings is 2. The van der Waals surface area contributed by atoms with Crippen LogP contribution in [0.4, 0.5) is 0 Å². The van der Waals surface area contributed by atoms with Crippen LogP contribution in [0.2, 0.25) is 0 Å². The van der Waals surface area contributed by atoms with E-state index in [1.807, 2.05) is 24.3 Å². The molecule has 106 valence electrons. The fourth-order valence-corrected chi connectivity index (χ4v) is 2.93. The highest BCUT2D eigenvalue weighted by Crippen LogP contribution is 2.39. The Morgan fingerprint density at radius 1 is 0.909 bits per heavy atom. The fourth-order valence-electron chi connectivity index (χ4n) is 2.93. The highest BCUT2D eigenvalue weighted by Gasteiger charge is 2.17. The molecule has 5 heteroatoms. The summed E-state index contributed by atoms with van der Waals surface area (Å²) in [5.41, 5.74) is 2.97. The van der Waals surface area contributed by atoms with Crippen molar-refractivity contribution in [1.82, 2.24) is 15.2 Å². The second-order valence-electron chi connectivity index (χ2n) is 5.22. The Labute approximate surface area is 125 Å². The number of ether oxygens (including phenoxy) is 2. The molecule has 0 amide bonds. The number of aromatic amines is 1. The Hall–Kier alpha value is -3.08. The maximum absolute atomic E-state index is 5.48. The molecule has 0 fully saturated rings. The number of rotatable bonds is 1. The van der Waals surface area contributed by atoms with Gasteiger partial charge in [-0.1, -0.05) is 6.07 Å². The third-order valence-corrected chi connectivity index (χ3v) is 4.00. The molecule has 0 bridgehead atoms. The molecule has 4 aromatic rings. The first kappa shape index (κ1) is 11.6. The standard InChI is InChI=1S/C17H11N3O2/c1-2-12-16(10-3-5-18-6-4-10)19-20-17(12)13-8-15-14(7-11(1)13)21-9-22-15/h1-8H,9H2,(H,19,20). The smallest absolute Gasteiger partial charge is 0.231 e. The SMILES string of the molecule is c1cc(-c2n[nH]c3c2ccc2cc4c(cc23)OCO4)ccn1. The highest BCUT2D eigenvalue weighted by molar-refractivity contribution is 6.10. The molecule has 1 N–H and O–H groups in total. The zero-order chi connectivity index (χ0) is 14.5. The Kier molecular flexibility index (Phi) is 2.21. The van der Waals surface area contributed by atoms with E-state index in [-0.39, 0.29) is 6.79 Å². The van der Waals surface area contributed by atoms with E-state index in [1.165, 1.54) is 0 Å². The van der Waals surface area contributed by atoms with Gasteiger partial charge in [0.2, 0.25) is 6.79 Å². The molecule has 1 aliphatic heterocycles. The van der Waals surface area contributed by atoms with Gasteiger partial charge < -0.3 is 9.47 Å². The van der Waals surface area contributed by atoms with Crippen LogP contribution in [0.15, 0.2) is 48.8 Å². The van der Waals surface area contributed by atoms with Gasteiger partial charge in [-0.05, 0) is 35.7 Å². The first-order valence-electron chi connectivity index (χ1n) is 7.01. The van der Waals surface area contributed by atoms with Gasteiger partial charge in [-0.25, -0.2) is 0 Å². The molecule has 0 saturated heterocycles. The zero-order valence-electron chi connectivity index (χ0n) is 11.5. The van der Waals surface area contributed by atoms with Crippen molar-refractivity contribution < 1.29 is 9.47 Å². The summed E-state index contributed by atoms with van der Waals surface area (Å²) in [5.74, 6) is 1.57. The van der Waals surface area contributed by atoms with Crippen LogP contribution in [0, 0.1) is 0 Å². The van der Waals surface area contributed by atoms with Crippen LogP contribution in [0.25, 0.3) is 32.9 Å². The van der Waals surface area contributed by atoms with Gasteiger partial charge in [-0.2, -0.15) is 5.10 Å². The van der Waals surface area contributed by atoms with Crippen molar-refractivity contribution in [3.63, 3.8) is 0 Å². The first-order chi connectivity index (χ1) is 10.9. The lowest BCUT2D eigenvalue weighted by molar-refractivity contribution is 0.174. The van der Waals surface area contributed by atoms with Gasteiger partial charge in [-0.3, -0.25) is 10.1 Å². The molecule has 0 atom stereocenters. The summed E-state index contributed by atoms with van der Waals surface area (Å²) in [4.78, 5) is 4.06. The summed E-state index contributed by atoms with van der Waals surface area (Å²) in [6.07, 6.45) is 3.55. The summed E-state index contributed by atoms with van der Waals surface area (Å²) in [7, 11) is 0. The van der Waals surface area contributed by atoms with Crippen LogP contribution in [0.3, 0.4) is 0 Å². The van der Waals surface area contributed by atoms with Crippen molar-refractivity contribution in [1.29, 1.82) is 0 Å². The normalized spacial score (nSPS) is 13.1. The van der Waals surface area contributed by atoms with E-state index in [1.54, 1.807) is 12.4 Å². The van der Waals surface area contributed by atoms with Crippen molar-refractivity contribution in [2.24, 2.45) is 0 Å². The predicted molar refractivity (Wildman–Crippen MR) is 83.0 cm³/mol. The van der Waals surface area contributed by atoms with Gasteiger partial charge >= 0.3 is 0 Å². The monoisotopic (exact) mass is 289 g/mol. The molecule has 0 radical (unpaired) electrons. The maximum atomic E-state index is 5.48. The van der Waals surface area contributed by atoms with E-state index in [2.05, 4.69) is 27.3 Å². The van der Waals surface area contributed by atoms with E-state index >= 15 is 0 Å². The molecule has 1 aliphatic rings. The summed E-state index contributed by atoms with van der Waals surface area (Å²) >= 11 is 0. The van der Waals surface area contributed by atoms with Gasteiger partial charge in [0.05, 0.1) is 5.52 Å². The molecule has 5 nitrogen and oxygen atoms in total. The molecule has 0 spiro atoms. The largest absolute Gasteiger partial charge is 0.454 e. The van der Waals surface area contributed by atoms with E-state index in [9.17, 15) is 0 Å². The van der Waals surface area contributed by atoms with E-state index in [0.717, 1.165) is 44.4 Å². The summed E-state index contributed by atoms with van der Waals surface area (Å²) in [5, 5.41) is 10.9. The topological polar surface area (TPSA) is 60.0 Å². The molecule has 22 heavy (non-hydrogen) atoms. The van der Waals surface area contributed by atoms with Gasteiger partial charge in [0.1, 0.15) is 5.69 Å². The number of pyridine rings is 1. The van der Waals surface area contributed by atoms with E-state index in [0.29, 0.717) is 0 Å². The van der Waals surface area contributed by atoms with Crippen LogP contribution in [0.1, 0.15) is 0 Å². The average Bonchev–Trinajstić information content (AvgIpc) is 3.19. The van der Waals surface area contributed by atoms with Crippen molar-refractivity contribution in [2.75, 3.05) is 6.79 Å². The van der Waals surface area contributed by atoms with Crippen LogP contribution in [-0.2, 0) is 0 Å². The van der Waals surface area contributed by atoms with Gasteiger partial charge in [0, 0.05) is 28.7 Å². The van der Waals surface area contributed by atoms with E-state index < -0.39 is 0 Å². The molecule has 3 heterocycles. The molecule has 5 rings (SSSR count). The van der Waals surface area contributed by atoms with Crippen molar-refractivity contribution in [3.05, 3.63) is 48.8 Å². The molecular formula is C17H11N3O2. The number of hydrogen-bond acceptors (Lipinski definition) is 4. The number of nitrogens with one attached hydrogen (secondary N) is 1. The number of aromatic nitrogens is 3. The van der Waals surface area contributed by atoms with Crippen molar-refractivity contribution >= 4 is 21.7 Å². The van der Waals surface area contributed by atoms with Crippen LogP contribution in [-0.4, -0.2) is 22.0 Å². The number of H-pyrrole nitrogens is 1. The number of hydrogen-bond donors (Lipinski definition) is 1. The van der Waals surface area contributed by atoms with Crippen LogP contribution >= 0.6 is 0 Å². The lowest BCUT2D eigenvalue weighted by atomic mass is 10.0. The Morgan fingerprint density at radius 2 is 1.73 bits per heavy atom. The van der Waals surface area contributed by atoms with Crippen molar-refractivity contribution in [3.8, 4) is 22.8 Å². The predicted octanol–water partition coefficient (Wildman–Crippen LogP) is 3.51. The molecule has 0 unspecified atom stereocenters. The van der Waals surface area contributed by atoms with Gasteiger partial charge in [0.25, 0.3) is 0 Å². The third kappa shape index (κ3) is 1.53. The van der Waals surface area contributed by atoms with Gasteiger partial charge in [-0.15, -0.1) is 0 Å². The maximum Gasteiger partial charge on any atom is 0.231 e. The van der Waals surface area contributed by atoms with E-state index in [4.69, 9.17) is 9.47 Å². The summed E-state index contributed by atoms with van der Waals surface area (Å²) < 4.78 is 10.9. The Bertz CT molecular complexity index is 1010. The van der Waals surface area contributed by atoms with Crippen LogP contribution in [0.5, 0.6) is 11.5 Å². The summed E-state index contributed by atoms with van der Waals surface area (Å²) in [6, 6.07) is 12.1. The Morgan fingerprint density at radius 3 is 2.59 bits per heavy atom. The lowest BCUT2D eigenvalue weighted by Gasteiger charge is -2.03. The minimum Gasteiger partial charge on any atom is -0.454 e. The fraction of sp³-hybridized carbons (Fsp3) is 0.0588. The second kappa shape index (κ2) is 4.21. The molecule has 2 aromatic carbocycles. The molecule has 0 saturated carbocycles. The second-order valence-corrected chi connectivity index (χ2v) is 5.22.